The second-order valence-corrected chi connectivity index (χ2v) is 3.64. The van der Waals surface area contributed by atoms with Crippen molar-refractivity contribution in [2.45, 2.75) is 23.5 Å². The van der Waals surface area contributed by atoms with Gasteiger partial charge in [-0.15, -0.1) is 0 Å². The molecule has 0 amide bonds. The summed E-state index contributed by atoms with van der Waals surface area (Å²) in [5, 5.41) is 3.30. The molecular weight excluding hydrogens is 138 g/mol. The lowest BCUT2D eigenvalue weighted by Crippen LogP contribution is -2.27. The van der Waals surface area contributed by atoms with Crippen molar-refractivity contribution in [2.75, 3.05) is 6.54 Å². The van der Waals surface area contributed by atoms with E-state index >= 15 is 0 Å². The molecular formula is C5H11NS2. The van der Waals surface area contributed by atoms with E-state index in [0.29, 0.717) is 6.04 Å². The van der Waals surface area contributed by atoms with Crippen LogP contribution in [0.2, 0.25) is 0 Å². The van der Waals surface area contributed by atoms with Crippen LogP contribution in [0.5, 0.6) is 0 Å². The van der Waals surface area contributed by atoms with Gasteiger partial charge in [-0.2, -0.15) is 25.3 Å². The second-order valence-electron chi connectivity index (χ2n) is 2.12. The van der Waals surface area contributed by atoms with Crippen LogP contribution in [0, 0.1) is 0 Å². The van der Waals surface area contributed by atoms with Crippen LogP contribution in [-0.4, -0.2) is 17.2 Å². The molecule has 0 bridgehead atoms. The maximum Gasteiger partial charge on any atom is 0.0595 e. The molecule has 0 spiro atoms. The Balaban J connectivity index is 2.24. The first-order chi connectivity index (χ1) is 3.80. The van der Waals surface area contributed by atoms with Gasteiger partial charge in [-0.25, -0.2) is 0 Å². The van der Waals surface area contributed by atoms with Gasteiger partial charge in [-0.3, -0.25) is 0 Å². The van der Waals surface area contributed by atoms with Gasteiger partial charge >= 0.3 is 0 Å². The Hall–Kier alpha value is 0.660. The molecule has 0 unspecified atom stereocenters. The van der Waals surface area contributed by atoms with E-state index in [-0.39, 0.29) is 4.58 Å². The first-order valence-corrected chi connectivity index (χ1v) is 3.93. The zero-order chi connectivity index (χ0) is 5.98. The molecule has 1 aliphatic rings. The summed E-state index contributed by atoms with van der Waals surface area (Å²) in [6, 6.07) is 0.543. The van der Waals surface area contributed by atoms with Crippen molar-refractivity contribution in [3.05, 3.63) is 0 Å². The van der Waals surface area contributed by atoms with Crippen molar-refractivity contribution < 1.29 is 0 Å². The molecule has 1 atom stereocenters. The van der Waals surface area contributed by atoms with Crippen LogP contribution in [0.4, 0.5) is 0 Å². The minimum absolute atomic E-state index is 0.220. The lowest BCUT2D eigenvalue weighted by atomic mass is 10.2. The molecule has 1 aliphatic heterocycles. The highest BCUT2D eigenvalue weighted by atomic mass is 32.2. The van der Waals surface area contributed by atoms with E-state index in [1.165, 1.54) is 12.8 Å². The summed E-state index contributed by atoms with van der Waals surface area (Å²) >= 11 is 8.39. The van der Waals surface area contributed by atoms with Crippen molar-refractivity contribution in [2.24, 2.45) is 0 Å². The molecule has 8 heavy (non-hydrogen) atoms. The van der Waals surface area contributed by atoms with E-state index in [9.17, 15) is 0 Å². The van der Waals surface area contributed by atoms with Crippen molar-refractivity contribution in [3.63, 3.8) is 0 Å². The molecule has 48 valence electrons. The molecule has 1 heterocycles. The van der Waals surface area contributed by atoms with Gasteiger partial charge in [0, 0.05) is 6.04 Å². The Morgan fingerprint density at radius 2 is 2.25 bits per heavy atom. The highest BCUT2D eigenvalue weighted by Crippen LogP contribution is 2.15. The van der Waals surface area contributed by atoms with Crippen LogP contribution in [0.25, 0.3) is 0 Å². The van der Waals surface area contributed by atoms with E-state index < -0.39 is 0 Å². The summed E-state index contributed by atoms with van der Waals surface area (Å²) in [7, 11) is 0. The number of hydrogen-bond acceptors (Lipinski definition) is 3. The third kappa shape index (κ3) is 1.57. The van der Waals surface area contributed by atoms with Crippen molar-refractivity contribution >= 4 is 25.3 Å². The van der Waals surface area contributed by atoms with Gasteiger partial charge in [0.1, 0.15) is 0 Å². The standard InChI is InChI=1S/C5H11NS2/c7-5(8)4-2-1-3-6-4/h4-8H,1-3H2/t4-/m0/s1. The maximum absolute atomic E-state index is 4.19. The Morgan fingerprint density at radius 3 is 2.50 bits per heavy atom. The smallest absolute Gasteiger partial charge is 0.0595 e. The Bertz CT molecular complexity index is 68.8. The van der Waals surface area contributed by atoms with E-state index in [1.807, 2.05) is 0 Å². The summed E-state index contributed by atoms with van der Waals surface area (Å²) in [6.07, 6.45) is 2.51. The third-order valence-electron chi connectivity index (χ3n) is 1.46. The van der Waals surface area contributed by atoms with Crippen LogP contribution < -0.4 is 5.32 Å². The fourth-order valence-corrected chi connectivity index (χ4v) is 1.47. The van der Waals surface area contributed by atoms with E-state index in [0.717, 1.165) is 6.54 Å². The van der Waals surface area contributed by atoms with Crippen molar-refractivity contribution in [1.82, 2.24) is 5.32 Å². The maximum atomic E-state index is 4.19. The minimum atomic E-state index is 0.220. The molecule has 3 heteroatoms. The van der Waals surface area contributed by atoms with Crippen molar-refractivity contribution in [3.8, 4) is 0 Å². The van der Waals surface area contributed by atoms with Gasteiger partial charge in [0.2, 0.25) is 0 Å². The Morgan fingerprint density at radius 1 is 1.50 bits per heavy atom. The lowest BCUT2D eigenvalue weighted by molar-refractivity contribution is 0.657. The summed E-state index contributed by atoms with van der Waals surface area (Å²) in [4.78, 5) is 0. The molecule has 0 aromatic carbocycles. The molecule has 0 aromatic heterocycles. The van der Waals surface area contributed by atoms with Gasteiger partial charge in [-0.05, 0) is 19.4 Å². The second kappa shape index (κ2) is 2.99. The predicted octanol–water partition coefficient (Wildman–Crippen LogP) is 0.924. The van der Waals surface area contributed by atoms with Crippen LogP contribution in [0.1, 0.15) is 12.8 Å². The third-order valence-corrected chi connectivity index (χ3v) is 2.18. The van der Waals surface area contributed by atoms with Crippen LogP contribution in [0.3, 0.4) is 0 Å². The molecule has 0 aromatic rings. The predicted molar refractivity (Wildman–Crippen MR) is 42.8 cm³/mol. The monoisotopic (exact) mass is 149 g/mol. The summed E-state index contributed by atoms with van der Waals surface area (Å²) in [6.45, 7) is 1.14. The molecule has 1 rings (SSSR count). The summed E-state index contributed by atoms with van der Waals surface area (Å²) < 4.78 is 0.220. The lowest BCUT2D eigenvalue weighted by Gasteiger charge is -2.11. The average Bonchev–Trinajstić information content (AvgIpc) is 2.12. The van der Waals surface area contributed by atoms with Gasteiger partial charge in [0.25, 0.3) is 0 Å². The molecule has 0 radical (unpaired) electrons. The van der Waals surface area contributed by atoms with Gasteiger partial charge < -0.3 is 5.32 Å². The van der Waals surface area contributed by atoms with E-state index in [2.05, 4.69) is 30.6 Å². The van der Waals surface area contributed by atoms with E-state index in [1.54, 1.807) is 0 Å². The fraction of sp³-hybridized carbons (Fsp3) is 1.00. The molecule has 0 saturated carbocycles. The SMILES string of the molecule is SC(S)[C@@H]1CCCN1. The van der Waals surface area contributed by atoms with Gasteiger partial charge in [0.15, 0.2) is 0 Å². The fourth-order valence-electron chi connectivity index (χ4n) is 0.966. The largest absolute Gasteiger partial charge is 0.312 e. The Kier molecular flexibility index (Phi) is 2.53. The first kappa shape index (κ1) is 6.78. The summed E-state index contributed by atoms with van der Waals surface area (Å²) in [5.74, 6) is 0. The highest BCUT2D eigenvalue weighted by Gasteiger charge is 2.17. The zero-order valence-electron chi connectivity index (χ0n) is 4.67. The molecule has 0 aliphatic carbocycles. The number of rotatable bonds is 1. The number of hydrogen-bond donors (Lipinski definition) is 3. The normalized spacial score (nSPS) is 29.6. The van der Waals surface area contributed by atoms with Gasteiger partial charge in [-0.1, -0.05) is 0 Å². The van der Waals surface area contributed by atoms with Crippen molar-refractivity contribution in [1.29, 1.82) is 0 Å². The molecule has 1 fully saturated rings. The summed E-state index contributed by atoms with van der Waals surface area (Å²) in [5.41, 5.74) is 0. The van der Waals surface area contributed by atoms with Crippen LogP contribution in [-0.2, 0) is 0 Å². The quantitative estimate of drug-likeness (QED) is 0.372. The number of thiol groups is 2. The van der Waals surface area contributed by atoms with Gasteiger partial charge in [0.05, 0.1) is 4.58 Å². The highest BCUT2D eigenvalue weighted by molar-refractivity contribution is 7.99. The zero-order valence-corrected chi connectivity index (χ0v) is 6.46. The molecule has 1 N–H and O–H groups in total. The van der Waals surface area contributed by atoms with E-state index in [4.69, 9.17) is 0 Å². The topological polar surface area (TPSA) is 12.0 Å². The molecule has 1 saturated heterocycles. The average molecular weight is 149 g/mol. The van der Waals surface area contributed by atoms with Crippen LogP contribution in [0.15, 0.2) is 0 Å². The number of nitrogens with one attached hydrogen (secondary N) is 1. The first-order valence-electron chi connectivity index (χ1n) is 2.90. The minimum Gasteiger partial charge on any atom is -0.312 e. The Labute approximate surface area is 61.1 Å². The molecule has 1 nitrogen and oxygen atoms in total. The van der Waals surface area contributed by atoms with Crippen LogP contribution >= 0.6 is 25.3 Å².